The Hall–Kier alpha value is -2.61. The van der Waals surface area contributed by atoms with Crippen LogP contribution in [0.25, 0.3) is 17.0 Å². The predicted octanol–water partition coefficient (Wildman–Crippen LogP) is 5.13. The fourth-order valence-corrected chi connectivity index (χ4v) is 4.78. The van der Waals surface area contributed by atoms with E-state index in [2.05, 4.69) is 26.7 Å². The van der Waals surface area contributed by atoms with Crippen LogP contribution in [0.1, 0.15) is 24.1 Å². The molecule has 0 saturated carbocycles. The van der Waals surface area contributed by atoms with Crippen molar-refractivity contribution in [3.8, 4) is 5.75 Å². The Morgan fingerprint density at radius 1 is 1.15 bits per heavy atom. The Kier molecular flexibility index (Phi) is 7.22. The first-order valence-electron chi connectivity index (χ1n) is 11.0. The number of anilines is 1. The molecule has 8 heteroatoms. The average molecular weight is 486 g/mol. The van der Waals surface area contributed by atoms with E-state index in [1.54, 1.807) is 12.1 Å². The van der Waals surface area contributed by atoms with Crippen LogP contribution < -0.4 is 9.46 Å². The lowest BCUT2D eigenvalue weighted by atomic mass is 10.0. The summed E-state index contributed by atoms with van der Waals surface area (Å²) >= 11 is 6.13. The molecule has 1 N–H and O–H groups in total. The molecule has 0 radical (unpaired) electrons. The normalized spacial score (nSPS) is 14.9. The number of pyridine rings is 1. The summed E-state index contributed by atoms with van der Waals surface area (Å²) in [6.45, 7) is 5.42. The van der Waals surface area contributed by atoms with Crippen molar-refractivity contribution in [1.82, 2.24) is 9.88 Å². The molecule has 1 aliphatic rings. The van der Waals surface area contributed by atoms with Gasteiger partial charge in [0.05, 0.1) is 22.5 Å². The maximum Gasteiger partial charge on any atom is 0.229 e. The van der Waals surface area contributed by atoms with Gasteiger partial charge < -0.3 is 4.74 Å². The van der Waals surface area contributed by atoms with Gasteiger partial charge in [-0.15, -0.1) is 0 Å². The van der Waals surface area contributed by atoms with Crippen LogP contribution in [-0.4, -0.2) is 50.8 Å². The van der Waals surface area contributed by atoms with Crippen LogP contribution >= 0.6 is 11.6 Å². The number of hydrogen-bond donors (Lipinski definition) is 1. The minimum atomic E-state index is -3.38. The molecule has 3 aromatic rings. The number of aryl methyl sites for hydroxylation is 1. The summed E-state index contributed by atoms with van der Waals surface area (Å²) in [5.74, 6) is 0.874. The fraction of sp³-hybridized carbons (Fsp3) is 0.320. The largest absolute Gasteiger partial charge is 0.492 e. The Morgan fingerprint density at radius 3 is 2.70 bits per heavy atom. The third-order valence-electron chi connectivity index (χ3n) is 5.65. The molecule has 1 saturated heterocycles. The van der Waals surface area contributed by atoms with E-state index >= 15 is 0 Å². The average Bonchev–Trinajstić information content (AvgIpc) is 2.76. The fourth-order valence-electron chi connectivity index (χ4n) is 3.99. The Morgan fingerprint density at radius 2 is 1.94 bits per heavy atom. The molecule has 0 spiro atoms. The molecule has 6 nitrogen and oxygen atoms in total. The number of aromatic nitrogens is 1. The number of likely N-dealkylation sites (tertiary alicyclic amines) is 1. The third-order valence-corrected chi connectivity index (χ3v) is 6.57. The lowest BCUT2D eigenvalue weighted by Gasteiger charge is -2.28. The molecule has 4 rings (SSSR count). The zero-order valence-corrected chi connectivity index (χ0v) is 20.4. The number of rotatable bonds is 7. The molecule has 2 heterocycles. The molecule has 174 valence electrons. The van der Waals surface area contributed by atoms with Gasteiger partial charge >= 0.3 is 0 Å². The van der Waals surface area contributed by atoms with Gasteiger partial charge in [-0.1, -0.05) is 35.4 Å². The molecule has 0 atom stereocenters. The topological polar surface area (TPSA) is 71.5 Å². The molecular formula is C25H28ClN3O3S. The van der Waals surface area contributed by atoms with E-state index < -0.39 is 10.0 Å². The van der Waals surface area contributed by atoms with E-state index in [1.807, 2.05) is 37.3 Å². The van der Waals surface area contributed by atoms with Crippen molar-refractivity contribution in [2.45, 2.75) is 19.8 Å². The highest BCUT2D eigenvalue weighted by molar-refractivity contribution is 7.92. The second kappa shape index (κ2) is 10.1. The van der Waals surface area contributed by atoms with E-state index in [4.69, 9.17) is 16.3 Å². The number of piperidine rings is 1. The lowest BCUT2D eigenvalue weighted by Crippen LogP contribution is -2.34. The summed E-state index contributed by atoms with van der Waals surface area (Å²) in [4.78, 5) is 6.97. The van der Waals surface area contributed by atoms with Crippen LogP contribution in [0.2, 0.25) is 5.02 Å². The molecule has 33 heavy (non-hydrogen) atoms. The van der Waals surface area contributed by atoms with Gasteiger partial charge in [-0.3, -0.25) is 14.6 Å². The van der Waals surface area contributed by atoms with E-state index in [1.165, 1.54) is 5.57 Å². The number of sulfonamides is 1. The van der Waals surface area contributed by atoms with Crippen LogP contribution in [0, 0.1) is 6.92 Å². The van der Waals surface area contributed by atoms with Gasteiger partial charge in [0.15, 0.2) is 0 Å². The summed E-state index contributed by atoms with van der Waals surface area (Å²) in [5, 5.41) is 1.43. The van der Waals surface area contributed by atoms with Crippen LogP contribution in [0.3, 0.4) is 0 Å². The Balaban J connectivity index is 1.31. The molecule has 2 aromatic carbocycles. The van der Waals surface area contributed by atoms with Crippen molar-refractivity contribution in [3.05, 3.63) is 70.4 Å². The molecule has 1 aromatic heterocycles. The molecule has 1 fully saturated rings. The second-order valence-corrected chi connectivity index (χ2v) is 10.5. The van der Waals surface area contributed by atoms with E-state index in [9.17, 15) is 8.42 Å². The zero-order chi connectivity index (χ0) is 23.4. The molecule has 0 unspecified atom stereocenters. The first-order chi connectivity index (χ1) is 15.8. The number of ether oxygens (including phenoxy) is 1. The monoisotopic (exact) mass is 485 g/mol. The summed E-state index contributed by atoms with van der Waals surface area (Å²) in [7, 11) is -3.38. The maximum atomic E-state index is 11.5. The highest BCUT2D eigenvalue weighted by atomic mass is 35.5. The van der Waals surface area contributed by atoms with Crippen LogP contribution in [-0.2, 0) is 10.0 Å². The van der Waals surface area contributed by atoms with Gasteiger partial charge in [0.1, 0.15) is 12.4 Å². The molecule has 1 aliphatic heterocycles. The van der Waals surface area contributed by atoms with Crippen molar-refractivity contribution in [2.75, 3.05) is 37.2 Å². The van der Waals surface area contributed by atoms with Crippen LogP contribution in [0.4, 0.5) is 5.69 Å². The van der Waals surface area contributed by atoms with Crippen LogP contribution in [0.5, 0.6) is 5.75 Å². The third kappa shape index (κ3) is 6.47. The SMILES string of the molecule is Cc1ccc2c(OCCN3CCC(=Cc4ccc(Cl)c(NS(C)(=O)=O)c4)CC3)cccc2n1. The summed E-state index contributed by atoms with van der Waals surface area (Å²) < 4.78 is 31.6. The van der Waals surface area contributed by atoms with Gasteiger partial charge in [0, 0.05) is 30.7 Å². The smallest absolute Gasteiger partial charge is 0.229 e. The molecule has 0 amide bonds. The number of benzene rings is 2. The first kappa shape index (κ1) is 23.5. The Labute approximate surface area is 200 Å². The van der Waals surface area contributed by atoms with Crippen molar-refractivity contribution in [3.63, 3.8) is 0 Å². The highest BCUT2D eigenvalue weighted by Gasteiger charge is 2.15. The number of nitrogens with zero attached hydrogens (tertiary/aromatic N) is 2. The first-order valence-corrected chi connectivity index (χ1v) is 13.2. The second-order valence-electron chi connectivity index (χ2n) is 8.38. The van der Waals surface area contributed by atoms with Crippen molar-refractivity contribution >= 4 is 44.3 Å². The molecular weight excluding hydrogens is 458 g/mol. The summed E-state index contributed by atoms with van der Waals surface area (Å²) in [6, 6.07) is 15.5. The molecule has 0 aliphatic carbocycles. The summed E-state index contributed by atoms with van der Waals surface area (Å²) in [6.07, 6.45) is 5.18. The van der Waals surface area contributed by atoms with Crippen molar-refractivity contribution in [1.29, 1.82) is 0 Å². The van der Waals surface area contributed by atoms with E-state index in [0.717, 1.165) is 66.6 Å². The van der Waals surface area contributed by atoms with E-state index in [0.29, 0.717) is 17.3 Å². The molecule has 0 bridgehead atoms. The highest BCUT2D eigenvalue weighted by Crippen LogP contribution is 2.27. The van der Waals surface area contributed by atoms with Crippen molar-refractivity contribution in [2.24, 2.45) is 0 Å². The number of halogens is 1. The van der Waals surface area contributed by atoms with Gasteiger partial charge in [0.25, 0.3) is 0 Å². The maximum absolute atomic E-state index is 11.5. The standard InChI is InChI=1S/C25H28ClN3O3S/c1-18-6-8-21-23(27-18)4-3-5-25(21)32-15-14-29-12-10-19(11-13-29)16-20-7-9-22(26)24(17-20)28-33(2,30)31/h3-9,16-17,28H,10-15H2,1-2H3. The minimum Gasteiger partial charge on any atom is -0.492 e. The van der Waals surface area contributed by atoms with E-state index in [-0.39, 0.29) is 0 Å². The predicted molar refractivity (Wildman–Crippen MR) is 136 cm³/mol. The zero-order valence-electron chi connectivity index (χ0n) is 18.8. The van der Waals surface area contributed by atoms with Gasteiger partial charge in [0.2, 0.25) is 10.0 Å². The van der Waals surface area contributed by atoms with Crippen LogP contribution in [0.15, 0.2) is 54.1 Å². The number of fused-ring (bicyclic) bond motifs is 1. The quantitative estimate of drug-likeness (QED) is 0.502. The minimum absolute atomic E-state index is 0.384. The van der Waals surface area contributed by atoms with Gasteiger partial charge in [-0.2, -0.15) is 0 Å². The van der Waals surface area contributed by atoms with Crippen molar-refractivity contribution < 1.29 is 13.2 Å². The van der Waals surface area contributed by atoms with Gasteiger partial charge in [-0.05, 0) is 61.7 Å². The Bertz CT molecular complexity index is 1280. The van der Waals surface area contributed by atoms with Gasteiger partial charge in [-0.25, -0.2) is 8.42 Å². The lowest BCUT2D eigenvalue weighted by molar-refractivity contribution is 0.200. The number of nitrogens with one attached hydrogen (secondary N) is 1. The number of hydrogen-bond acceptors (Lipinski definition) is 5. The summed E-state index contributed by atoms with van der Waals surface area (Å²) in [5.41, 5.74) is 4.64.